The van der Waals surface area contributed by atoms with Crippen molar-refractivity contribution in [3.8, 4) is 5.75 Å². The monoisotopic (exact) mass is 528 g/mol. The Morgan fingerprint density at radius 2 is 1.91 bits per heavy atom. The maximum Gasteiger partial charge on any atom is 0.346 e. The van der Waals surface area contributed by atoms with Crippen LogP contribution in [0.25, 0.3) is 10.9 Å². The summed E-state index contributed by atoms with van der Waals surface area (Å²) in [4.78, 5) is 32.0. The van der Waals surface area contributed by atoms with Gasteiger partial charge in [-0.1, -0.05) is 36.7 Å². The number of anilines is 1. The van der Waals surface area contributed by atoms with Crippen molar-refractivity contribution in [2.75, 3.05) is 26.1 Å². The van der Waals surface area contributed by atoms with Crippen molar-refractivity contribution in [2.45, 2.75) is 39.2 Å². The molecule has 0 radical (unpaired) electrons. The van der Waals surface area contributed by atoms with E-state index in [0.29, 0.717) is 28.0 Å². The Hall–Kier alpha value is -3.20. The summed E-state index contributed by atoms with van der Waals surface area (Å²) >= 11 is 3.42. The number of methoxy groups -OCH3 is 1. The summed E-state index contributed by atoms with van der Waals surface area (Å²) in [5.74, 6) is 0.474. The molecule has 1 atom stereocenters. The molecule has 0 fully saturated rings. The van der Waals surface area contributed by atoms with Gasteiger partial charge in [-0.25, -0.2) is 9.78 Å². The van der Waals surface area contributed by atoms with Gasteiger partial charge < -0.3 is 14.4 Å². The minimum atomic E-state index is -0.817. The largest absolute Gasteiger partial charge is 0.478 e. The number of ether oxygens (including phenoxy) is 2. The second-order valence-electron chi connectivity index (χ2n) is 9.11. The van der Waals surface area contributed by atoms with Crippen LogP contribution in [0.15, 0.2) is 50.8 Å². The normalized spacial score (nSPS) is 12.7. The third-order valence-corrected chi connectivity index (χ3v) is 5.64. The number of fused-ring (bicyclic) bond motifs is 1. The van der Waals surface area contributed by atoms with Crippen LogP contribution in [0.1, 0.15) is 39.1 Å². The van der Waals surface area contributed by atoms with E-state index in [1.807, 2.05) is 70.1 Å². The number of nitrogens with zero attached hydrogens (tertiary/aromatic N) is 4. The molecular weight excluding hydrogens is 500 g/mol. The summed E-state index contributed by atoms with van der Waals surface area (Å²) in [7, 11) is 5.13. The van der Waals surface area contributed by atoms with Crippen molar-refractivity contribution in [1.82, 2.24) is 9.66 Å². The number of esters is 1. The highest BCUT2D eigenvalue weighted by molar-refractivity contribution is 9.10. The average molecular weight is 529 g/mol. The summed E-state index contributed by atoms with van der Waals surface area (Å²) in [6.07, 6.45) is 0.725. The molecule has 34 heavy (non-hydrogen) atoms. The average Bonchev–Trinajstić information content (AvgIpc) is 2.77. The van der Waals surface area contributed by atoms with Crippen molar-refractivity contribution in [3.63, 3.8) is 0 Å². The van der Waals surface area contributed by atoms with Crippen LogP contribution in [-0.4, -0.2) is 49.2 Å². The van der Waals surface area contributed by atoms with Gasteiger partial charge in [0.25, 0.3) is 5.56 Å². The van der Waals surface area contributed by atoms with E-state index in [-0.39, 0.29) is 5.56 Å². The Morgan fingerprint density at radius 3 is 2.53 bits per heavy atom. The minimum Gasteiger partial charge on any atom is -0.478 e. The first-order chi connectivity index (χ1) is 15.9. The zero-order chi connectivity index (χ0) is 25.2. The van der Waals surface area contributed by atoms with Crippen LogP contribution in [0.5, 0.6) is 5.75 Å². The highest BCUT2D eigenvalue weighted by atomic mass is 79.9. The topological polar surface area (TPSA) is 86.0 Å². The lowest BCUT2D eigenvalue weighted by atomic mass is 9.95. The zero-order valence-corrected chi connectivity index (χ0v) is 22.0. The summed E-state index contributed by atoms with van der Waals surface area (Å²) in [5.41, 5.74) is 1.38. The molecule has 0 unspecified atom stereocenters. The summed E-state index contributed by atoms with van der Waals surface area (Å²) in [6, 6.07) is 10.9. The first-order valence-corrected chi connectivity index (χ1v) is 11.5. The number of hydrogen-bond acceptors (Lipinski definition) is 7. The van der Waals surface area contributed by atoms with Crippen LogP contribution in [0.4, 0.5) is 5.69 Å². The van der Waals surface area contributed by atoms with Crippen molar-refractivity contribution < 1.29 is 14.3 Å². The van der Waals surface area contributed by atoms with Gasteiger partial charge in [0.2, 0.25) is 0 Å². The molecule has 1 heterocycles. The van der Waals surface area contributed by atoms with Crippen LogP contribution in [0.2, 0.25) is 0 Å². The lowest BCUT2D eigenvalue weighted by Gasteiger charge is -2.21. The van der Waals surface area contributed by atoms with Gasteiger partial charge in [-0.3, -0.25) is 4.79 Å². The van der Waals surface area contributed by atoms with Crippen molar-refractivity contribution in [2.24, 2.45) is 5.10 Å². The quantitative estimate of drug-likeness (QED) is 0.349. The van der Waals surface area contributed by atoms with Gasteiger partial charge in [0.05, 0.1) is 24.2 Å². The molecule has 0 N–H and O–H groups in total. The van der Waals surface area contributed by atoms with Crippen LogP contribution in [-0.2, 0) is 14.9 Å². The number of carbonyl (C=O) groups excluding carboxylic acids is 1. The first-order valence-electron chi connectivity index (χ1n) is 10.8. The Balaban J connectivity index is 2.16. The van der Waals surface area contributed by atoms with E-state index in [1.54, 1.807) is 19.2 Å². The predicted molar refractivity (Wildman–Crippen MR) is 138 cm³/mol. The second kappa shape index (κ2) is 9.97. The maximum absolute atomic E-state index is 13.4. The smallest absolute Gasteiger partial charge is 0.346 e. The number of benzene rings is 2. The van der Waals surface area contributed by atoms with Crippen molar-refractivity contribution in [3.05, 3.63) is 62.6 Å². The van der Waals surface area contributed by atoms with Gasteiger partial charge >= 0.3 is 5.97 Å². The van der Waals surface area contributed by atoms with Crippen LogP contribution in [0.3, 0.4) is 0 Å². The molecule has 0 spiro atoms. The third-order valence-electron chi connectivity index (χ3n) is 5.14. The van der Waals surface area contributed by atoms with E-state index in [1.165, 1.54) is 11.8 Å². The summed E-state index contributed by atoms with van der Waals surface area (Å²) in [6.45, 7) is 7.54. The van der Waals surface area contributed by atoms with Crippen molar-refractivity contribution >= 4 is 44.7 Å². The van der Waals surface area contributed by atoms with Gasteiger partial charge in [0, 0.05) is 41.3 Å². The Morgan fingerprint density at radius 1 is 1.21 bits per heavy atom. The lowest BCUT2D eigenvalue weighted by molar-refractivity contribution is -0.147. The predicted octanol–water partition coefficient (Wildman–Crippen LogP) is 4.35. The molecule has 8 nitrogen and oxygen atoms in total. The molecule has 0 bridgehead atoms. The molecule has 0 aliphatic heterocycles. The van der Waals surface area contributed by atoms with Gasteiger partial charge in [0.1, 0.15) is 11.6 Å². The standard InChI is InChI=1S/C25H29BrN4O4/c1-15(23(32)33-7)34-21-13-18(29(5)6)10-8-16(21)14-27-30-22(31)19-12-17(26)9-11-20(19)28-24(30)25(2,3)4/h8-15H,1-7H3/t15-/m1/s1. The summed E-state index contributed by atoms with van der Waals surface area (Å²) in [5, 5.41) is 4.98. The molecular formula is C25H29BrN4O4. The number of rotatable bonds is 6. The Kier molecular flexibility index (Phi) is 7.45. The second-order valence-corrected chi connectivity index (χ2v) is 10.0. The Bertz CT molecular complexity index is 1310. The molecule has 3 rings (SSSR count). The van der Waals surface area contributed by atoms with Crippen LogP contribution < -0.4 is 15.2 Å². The van der Waals surface area contributed by atoms with Gasteiger partial charge in [0.15, 0.2) is 6.10 Å². The van der Waals surface area contributed by atoms with Crippen LogP contribution >= 0.6 is 15.9 Å². The zero-order valence-electron chi connectivity index (χ0n) is 20.4. The number of aromatic nitrogens is 2. The van der Waals surface area contributed by atoms with E-state index >= 15 is 0 Å². The van der Waals surface area contributed by atoms with E-state index in [4.69, 9.17) is 14.5 Å². The molecule has 9 heteroatoms. The minimum absolute atomic E-state index is 0.275. The van der Waals surface area contributed by atoms with E-state index in [2.05, 4.69) is 21.0 Å². The molecule has 1 aromatic heterocycles. The first kappa shape index (κ1) is 25.4. The highest BCUT2D eigenvalue weighted by Gasteiger charge is 2.23. The fraction of sp³-hybridized carbons (Fsp3) is 0.360. The van der Waals surface area contributed by atoms with E-state index in [0.717, 1.165) is 10.2 Å². The molecule has 0 saturated heterocycles. The SMILES string of the molecule is COC(=O)[C@@H](C)Oc1cc(N(C)C)ccc1C=Nn1c(C(C)(C)C)nc2ccc(Br)cc2c1=O. The lowest BCUT2D eigenvalue weighted by Crippen LogP contribution is -2.29. The van der Waals surface area contributed by atoms with Gasteiger partial charge in [-0.15, -0.1) is 0 Å². The molecule has 180 valence electrons. The third kappa shape index (κ3) is 5.47. The molecule has 3 aromatic rings. The molecule has 2 aromatic carbocycles. The molecule has 0 saturated carbocycles. The van der Waals surface area contributed by atoms with E-state index < -0.39 is 17.5 Å². The molecule has 0 aliphatic carbocycles. The number of halogens is 1. The Labute approximate surface area is 207 Å². The van der Waals surface area contributed by atoms with Crippen LogP contribution in [0, 0.1) is 0 Å². The fourth-order valence-electron chi connectivity index (χ4n) is 3.28. The summed E-state index contributed by atoms with van der Waals surface area (Å²) < 4.78 is 12.8. The molecule has 0 amide bonds. The number of hydrogen-bond donors (Lipinski definition) is 0. The van der Waals surface area contributed by atoms with E-state index in [9.17, 15) is 9.59 Å². The van der Waals surface area contributed by atoms with Crippen molar-refractivity contribution in [1.29, 1.82) is 0 Å². The van der Waals surface area contributed by atoms with Gasteiger partial charge in [-0.05, 0) is 37.3 Å². The fourth-order valence-corrected chi connectivity index (χ4v) is 3.64. The maximum atomic E-state index is 13.4. The number of carbonyl (C=O) groups is 1. The van der Waals surface area contributed by atoms with Gasteiger partial charge in [-0.2, -0.15) is 9.78 Å². The highest BCUT2D eigenvalue weighted by Crippen LogP contribution is 2.26. The molecule has 0 aliphatic rings.